The lowest BCUT2D eigenvalue weighted by atomic mass is 10.0. The van der Waals surface area contributed by atoms with Crippen LogP contribution in [-0.2, 0) is 0 Å². The third-order valence-corrected chi connectivity index (χ3v) is 1.70. The summed E-state index contributed by atoms with van der Waals surface area (Å²) in [6.07, 6.45) is 0. The van der Waals surface area contributed by atoms with Gasteiger partial charge in [0.05, 0.1) is 11.3 Å². The topological polar surface area (TPSA) is 69.9 Å². The molecule has 1 aromatic rings. The maximum Gasteiger partial charge on any atom is 0.336 e. The van der Waals surface area contributed by atoms with Gasteiger partial charge in [0, 0.05) is 5.56 Å². The summed E-state index contributed by atoms with van der Waals surface area (Å²) < 4.78 is 0. The summed E-state index contributed by atoms with van der Waals surface area (Å²) >= 11 is 0. The van der Waals surface area contributed by atoms with Crippen LogP contribution in [0.15, 0.2) is 29.4 Å². The van der Waals surface area contributed by atoms with Crippen LogP contribution in [0.4, 0.5) is 0 Å². The highest BCUT2D eigenvalue weighted by molar-refractivity contribution is 6.07. The van der Waals surface area contributed by atoms with Gasteiger partial charge in [-0.1, -0.05) is 23.4 Å². The third kappa shape index (κ3) is 1.84. The zero-order valence-corrected chi connectivity index (χ0v) is 7.06. The van der Waals surface area contributed by atoms with E-state index in [1.807, 2.05) is 0 Å². The fraction of sp³-hybridized carbons (Fsp3) is 0.111. The SMILES string of the molecule is CC(=NO)c1ccccc1C(=O)O. The quantitative estimate of drug-likeness (QED) is 0.411. The molecule has 1 rings (SSSR count). The molecule has 0 bridgehead atoms. The first-order chi connectivity index (χ1) is 6.16. The summed E-state index contributed by atoms with van der Waals surface area (Å²) in [5.41, 5.74) is 0.855. The molecular formula is C9H9NO3. The Morgan fingerprint density at radius 1 is 1.31 bits per heavy atom. The van der Waals surface area contributed by atoms with E-state index < -0.39 is 5.97 Å². The zero-order valence-electron chi connectivity index (χ0n) is 7.06. The van der Waals surface area contributed by atoms with Gasteiger partial charge in [-0.3, -0.25) is 0 Å². The molecule has 0 aromatic heterocycles. The summed E-state index contributed by atoms with van der Waals surface area (Å²) in [5.74, 6) is -1.03. The Bertz CT molecular complexity index is 358. The van der Waals surface area contributed by atoms with Crippen molar-refractivity contribution < 1.29 is 15.1 Å². The molecule has 0 radical (unpaired) electrons. The van der Waals surface area contributed by atoms with Gasteiger partial charge < -0.3 is 10.3 Å². The van der Waals surface area contributed by atoms with Crippen LogP contribution < -0.4 is 0 Å². The molecule has 0 fully saturated rings. The molecule has 13 heavy (non-hydrogen) atoms. The second kappa shape index (κ2) is 3.71. The van der Waals surface area contributed by atoms with E-state index in [-0.39, 0.29) is 11.3 Å². The predicted octanol–water partition coefficient (Wildman–Crippen LogP) is 1.58. The molecule has 2 N–H and O–H groups in total. The largest absolute Gasteiger partial charge is 0.478 e. The Labute approximate surface area is 75.1 Å². The minimum Gasteiger partial charge on any atom is -0.478 e. The van der Waals surface area contributed by atoms with E-state index in [0.29, 0.717) is 5.56 Å². The summed E-state index contributed by atoms with van der Waals surface area (Å²) in [7, 11) is 0. The molecule has 0 unspecified atom stereocenters. The van der Waals surface area contributed by atoms with Crippen LogP contribution in [0.3, 0.4) is 0 Å². The number of nitrogens with zero attached hydrogens (tertiary/aromatic N) is 1. The number of carbonyl (C=O) groups is 1. The normalized spacial score (nSPS) is 11.3. The molecule has 4 heteroatoms. The minimum absolute atomic E-state index is 0.137. The smallest absolute Gasteiger partial charge is 0.336 e. The van der Waals surface area contributed by atoms with Gasteiger partial charge in [0.25, 0.3) is 0 Å². The Hall–Kier alpha value is -1.84. The van der Waals surface area contributed by atoms with Crippen LogP contribution in [0.5, 0.6) is 0 Å². The number of rotatable bonds is 2. The molecule has 0 aliphatic rings. The van der Waals surface area contributed by atoms with Gasteiger partial charge in [0.15, 0.2) is 0 Å². The van der Waals surface area contributed by atoms with E-state index in [9.17, 15) is 4.79 Å². The Morgan fingerprint density at radius 3 is 2.31 bits per heavy atom. The molecule has 0 aliphatic heterocycles. The molecule has 0 saturated carbocycles. The molecule has 0 heterocycles. The Kier molecular flexibility index (Phi) is 2.64. The van der Waals surface area contributed by atoms with Gasteiger partial charge in [-0.2, -0.15) is 0 Å². The summed E-state index contributed by atoms with van der Waals surface area (Å²) in [6, 6.07) is 6.37. The van der Waals surface area contributed by atoms with Gasteiger partial charge >= 0.3 is 5.97 Å². The number of carboxylic acids is 1. The predicted molar refractivity (Wildman–Crippen MR) is 47.4 cm³/mol. The monoisotopic (exact) mass is 179 g/mol. The molecule has 0 spiro atoms. The Balaban J connectivity index is 3.28. The van der Waals surface area contributed by atoms with Crippen molar-refractivity contribution in [3.63, 3.8) is 0 Å². The number of carboxylic acid groups (broad SMARTS) is 1. The van der Waals surface area contributed by atoms with Crippen LogP contribution >= 0.6 is 0 Å². The lowest BCUT2D eigenvalue weighted by molar-refractivity contribution is 0.0696. The van der Waals surface area contributed by atoms with E-state index in [0.717, 1.165) is 0 Å². The van der Waals surface area contributed by atoms with Crippen molar-refractivity contribution in [1.82, 2.24) is 0 Å². The molecule has 0 aliphatic carbocycles. The number of benzene rings is 1. The second-order valence-corrected chi connectivity index (χ2v) is 2.54. The molecule has 0 atom stereocenters. The molecule has 0 saturated heterocycles. The molecule has 68 valence electrons. The molecule has 1 aromatic carbocycles. The van der Waals surface area contributed by atoms with E-state index in [1.54, 1.807) is 25.1 Å². The lowest BCUT2D eigenvalue weighted by Gasteiger charge is -2.02. The van der Waals surface area contributed by atoms with Crippen LogP contribution in [-0.4, -0.2) is 22.0 Å². The molecule has 0 amide bonds. The van der Waals surface area contributed by atoms with Crippen molar-refractivity contribution >= 4 is 11.7 Å². The highest BCUT2D eigenvalue weighted by Gasteiger charge is 2.10. The first-order valence-corrected chi connectivity index (χ1v) is 3.68. The van der Waals surface area contributed by atoms with Gasteiger partial charge in [0.1, 0.15) is 0 Å². The van der Waals surface area contributed by atoms with Gasteiger partial charge in [-0.15, -0.1) is 0 Å². The van der Waals surface area contributed by atoms with E-state index >= 15 is 0 Å². The van der Waals surface area contributed by atoms with E-state index in [2.05, 4.69) is 5.16 Å². The standard InChI is InChI=1S/C9H9NO3/c1-6(10-13)7-4-2-3-5-8(7)9(11)12/h2-5,13H,1H3,(H,11,12). The van der Waals surface area contributed by atoms with Crippen molar-refractivity contribution in [2.24, 2.45) is 5.16 Å². The van der Waals surface area contributed by atoms with Crippen LogP contribution in [0.2, 0.25) is 0 Å². The van der Waals surface area contributed by atoms with E-state index in [4.69, 9.17) is 10.3 Å². The van der Waals surface area contributed by atoms with Crippen LogP contribution in [0, 0.1) is 0 Å². The van der Waals surface area contributed by atoms with Crippen molar-refractivity contribution in [1.29, 1.82) is 0 Å². The number of oxime groups is 1. The van der Waals surface area contributed by atoms with Gasteiger partial charge in [-0.25, -0.2) is 4.79 Å². The van der Waals surface area contributed by atoms with Gasteiger partial charge in [-0.05, 0) is 13.0 Å². The van der Waals surface area contributed by atoms with Crippen molar-refractivity contribution in [2.45, 2.75) is 6.92 Å². The first-order valence-electron chi connectivity index (χ1n) is 3.68. The second-order valence-electron chi connectivity index (χ2n) is 2.54. The van der Waals surface area contributed by atoms with Crippen molar-refractivity contribution in [2.75, 3.05) is 0 Å². The summed E-state index contributed by atoms with van der Waals surface area (Å²) in [6.45, 7) is 1.54. The fourth-order valence-electron chi connectivity index (χ4n) is 1.04. The number of hydrogen-bond donors (Lipinski definition) is 2. The van der Waals surface area contributed by atoms with Crippen molar-refractivity contribution in [3.05, 3.63) is 35.4 Å². The summed E-state index contributed by atoms with van der Waals surface area (Å²) in [5, 5.41) is 20.2. The van der Waals surface area contributed by atoms with Gasteiger partial charge in [0.2, 0.25) is 0 Å². The lowest BCUT2D eigenvalue weighted by Crippen LogP contribution is -2.06. The Morgan fingerprint density at radius 2 is 1.85 bits per heavy atom. The minimum atomic E-state index is -1.03. The first kappa shape index (κ1) is 9.25. The van der Waals surface area contributed by atoms with Crippen LogP contribution in [0.25, 0.3) is 0 Å². The maximum atomic E-state index is 10.7. The average molecular weight is 179 g/mol. The summed E-state index contributed by atoms with van der Waals surface area (Å²) in [4.78, 5) is 10.7. The third-order valence-electron chi connectivity index (χ3n) is 1.70. The molecule has 4 nitrogen and oxygen atoms in total. The number of hydrogen-bond acceptors (Lipinski definition) is 3. The molecular weight excluding hydrogens is 170 g/mol. The maximum absolute atomic E-state index is 10.7. The highest BCUT2D eigenvalue weighted by atomic mass is 16.4. The zero-order chi connectivity index (χ0) is 9.84. The van der Waals surface area contributed by atoms with Crippen LogP contribution in [0.1, 0.15) is 22.8 Å². The van der Waals surface area contributed by atoms with Crippen molar-refractivity contribution in [3.8, 4) is 0 Å². The average Bonchev–Trinajstić information content (AvgIpc) is 2.16. The van der Waals surface area contributed by atoms with E-state index in [1.165, 1.54) is 6.07 Å². The highest BCUT2D eigenvalue weighted by Crippen LogP contribution is 2.09. The number of aromatic carboxylic acids is 1. The fourth-order valence-corrected chi connectivity index (χ4v) is 1.04.